The Hall–Kier alpha value is -3.55. The number of aryl methyl sites for hydroxylation is 1. The zero-order valence-electron chi connectivity index (χ0n) is 18.5. The number of carbonyl (C=O) groups excluding carboxylic acids is 1. The molecule has 0 unspecified atom stereocenters. The van der Waals surface area contributed by atoms with Gasteiger partial charge in [-0.3, -0.25) is 4.79 Å². The minimum Gasteiger partial charge on any atom is -0.497 e. The van der Waals surface area contributed by atoms with Gasteiger partial charge < -0.3 is 23.6 Å². The van der Waals surface area contributed by atoms with E-state index in [1.54, 1.807) is 33.5 Å². The highest BCUT2D eigenvalue weighted by Crippen LogP contribution is 2.35. The van der Waals surface area contributed by atoms with Crippen LogP contribution in [0, 0.1) is 0 Å². The number of benzene rings is 2. The third kappa shape index (κ3) is 4.54. The van der Waals surface area contributed by atoms with Crippen molar-refractivity contribution in [3.8, 4) is 28.6 Å². The minimum atomic E-state index is -0.195. The lowest BCUT2D eigenvalue weighted by molar-refractivity contribution is -0.132. The Bertz CT molecular complexity index is 1060. The number of hydrogen-bond acceptors (Lipinski definition) is 7. The molecule has 1 atom stereocenters. The van der Waals surface area contributed by atoms with Gasteiger partial charge in [-0.1, -0.05) is 17.3 Å². The first-order chi connectivity index (χ1) is 15.6. The largest absolute Gasteiger partial charge is 0.497 e. The molecular formula is C24H27N3O5. The number of amides is 1. The van der Waals surface area contributed by atoms with E-state index in [1.807, 2.05) is 35.2 Å². The maximum Gasteiger partial charge on any atom is 0.249 e. The second kappa shape index (κ2) is 9.72. The molecule has 0 N–H and O–H groups in total. The molecule has 0 bridgehead atoms. The molecule has 8 heteroatoms. The van der Waals surface area contributed by atoms with Gasteiger partial charge in [-0.25, -0.2) is 0 Å². The molecule has 3 aromatic rings. The summed E-state index contributed by atoms with van der Waals surface area (Å²) in [6.45, 7) is 0.695. The lowest BCUT2D eigenvalue weighted by Crippen LogP contribution is -2.30. The molecule has 2 heterocycles. The molecule has 1 fully saturated rings. The Labute approximate surface area is 187 Å². The normalized spacial score (nSPS) is 15.6. The summed E-state index contributed by atoms with van der Waals surface area (Å²) in [6, 6.07) is 13.1. The Morgan fingerprint density at radius 2 is 1.84 bits per heavy atom. The fourth-order valence-electron chi connectivity index (χ4n) is 3.97. The number of carbonyl (C=O) groups is 1. The average Bonchev–Trinajstić information content (AvgIpc) is 3.52. The van der Waals surface area contributed by atoms with E-state index in [4.69, 9.17) is 18.7 Å². The highest BCUT2D eigenvalue weighted by Gasteiger charge is 2.33. The van der Waals surface area contributed by atoms with Gasteiger partial charge in [0, 0.05) is 18.5 Å². The molecule has 168 valence electrons. The third-order valence-electron chi connectivity index (χ3n) is 5.73. The molecule has 0 spiro atoms. The molecule has 1 aliphatic heterocycles. The van der Waals surface area contributed by atoms with Crippen LogP contribution in [-0.4, -0.2) is 48.8 Å². The average molecular weight is 437 g/mol. The maximum atomic E-state index is 12.9. The zero-order valence-corrected chi connectivity index (χ0v) is 18.5. The minimum absolute atomic E-state index is 0.0918. The van der Waals surface area contributed by atoms with E-state index in [-0.39, 0.29) is 11.9 Å². The van der Waals surface area contributed by atoms with E-state index in [1.165, 1.54) is 0 Å². The van der Waals surface area contributed by atoms with Crippen LogP contribution >= 0.6 is 0 Å². The second-order valence-corrected chi connectivity index (χ2v) is 7.62. The molecule has 1 aromatic heterocycles. The quantitative estimate of drug-likeness (QED) is 0.525. The first-order valence-electron chi connectivity index (χ1n) is 10.6. The Morgan fingerprint density at radius 3 is 2.56 bits per heavy atom. The highest BCUT2D eigenvalue weighted by molar-refractivity contribution is 5.77. The molecule has 1 amide bonds. The van der Waals surface area contributed by atoms with Crippen LogP contribution in [0.1, 0.15) is 36.8 Å². The lowest BCUT2D eigenvalue weighted by atomic mass is 10.1. The van der Waals surface area contributed by atoms with Crippen LogP contribution in [0.4, 0.5) is 0 Å². The van der Waals surface area contributed by atoms with Crippen molar-refractivity contribution in [1.82, 2.24) is 15.0 Å². The summed E-state index contributed by atoms with van der Waals surface area (Å²) < 4.78 is 21.4. The van der Waals surface area contributed by atoms with Gasteiger partial charge in [0.25, 0.3) is 0 Å². The molecule has 4 rings (SSSR count). The smallest absolute Gasteiger partial charge is 0.249 e. The van der Waals surface area contributed by atoms with Gasteiger partial charge in [0.1, 0.15) is 11.8 Å². The van der Waals surface area contributed by atoms with Gasteiger partial charge in [0.15, 0.2) is 11.5 Å². The van der Waals surface area contributed by atoms with Crippen molar-refractivity contribution in [3.05, 3.63) is 53.9 Å². The summed E-state index contributed by atoms with van der Waals surface area (Å²) in [5.74, 6) is 3.04. The number of nitrogens with zero attached hydrogens (tertiary/aromatic N) is 3. The molecule has 2 aromatic carbocycles. The summed E-state index contributed by atoms with van der Waals surface area (Å²) in [4.78, 5) is 19.4. The van der Waals surface area contributed by atoms with Gasteiger partial charge in [0.05, 0.1) is 21.3 Å². The molecule has 1 aliphatic rings. The predicted octanol–water partition coefficient (Wildman–Crippen LogP) is 4.06. The lowest BCUT2D eigenvalue weighted by Gasteiger charge is -2.21. The molecule has 0 radical (unpaired) electrons. The number of methoxy groups -OCH3 is 3. The van der Waals surface area contributed by atoms with Crippen LogP contribution in [0.3, 0.4) is 0 Å². The molecule has 32 heavy (non-hydrogen) atoms. The summed E-state index contributed by atoms with van der Waals surface area (Å²) in [5.41, 5.74) is 1.86. The third-order valence-corrected chi connectivity index (χ3v) is 5.73. The summed E-state index contributed by atoms with van der Waals surface area (Å²) in [5, 5.41) is 4.13. The van der Waals surface area contributed by atoms with Crippen LogP contribution < -0.4 is 14.2 Å². The topological polar surface area (TPSA) is 86.9 Å². The van der Waals surface area contributed by atoms with Crippen LogP contribution in [0.2, 0.25) is 0 Å². The van der Waals surface area contributed by atoms with Crippen LogP contribution in [-0.2, 0) is 11.2 Å². The zero-order chi connectivity index (χ0) is 22.5. The van der Waals surface area contributed by atoms with E-state index in [9.17, 15) is 4.79 Å². The first kappa shape index (κ1) is 21.7. The fraction of sp³-hybridized carbons (Fsp3) is 0.375. The predicted molar refractivity (Wildman–Crippen MR) is 118 cm³/mol. The summed E-state index contributed by atoms with van der Waals surface area (Å²) >= 11 is 0. The van der Waals surface area contributed by atoms with E-state index in [2.05, 4.69) is 10.1 Å². The molecule has 0 aliphatic carbocycles. The van der Waals surface area contributed by atoms with Crippen molar-refractivity contribution < 1.29 is 23.5 Å². The van der Waals surface area contributed by atoms with E-state index in [0.717, 1.165) is 29.7 Å². The van der Waals surface area contributed by atoms with E-state index >= 15 is 0 Å². The van der Waals surface area contributed by atoms with Crippen molar-refractivity contribution in [2.75, 3.05) is 27.9 Å². The number of rotatable bonds is 8. The van der Waals surface area contributed by atoms with Gasteiger partial charge in [0.2, 0.25) is 17.6 Å². The van der Waals surface area contributed by atoms with Crippen LogP contribution in [0.5, 0.6) is 17.2 Å². The second-order valence-electron chi connectivity index (χ2n) is 7.62. The molecule has 1 saturated heterocycles. The van der Waals surface area contributed by atoms with Crippen molar-refractivity contribution in [3.63, 3.8) is 0 Å². The molecule has 0 saturated carbocycles. The number of aromatic nitrogens is 2. The van der Waals surface area contributed by atoms with Gasteiger partial charge in [-0.2, -0.15) is 4.98 Å². The number of ether oxygens (including phenoxy) is 3. The summed E-state index contributed by atoms with van der Waals surface area (Å²) in [7, 11) is 4.81. The van der Waals surface area contributed by atoms with Gasteiger partial charge >= 0.3 is 0 Å². The maximum absolute atomic E-state index is 12.9. The Balaban J connectivity index is 1.44. The van der Waals surface area contributed by atoms with Crippen molar-refractivity contribution in [2.24, 2.45) is 0 Å². The SMILES string of the molecule is COc1ccc(CCC(=O)N2CCC[C@H]2c2nc(-c3ccc(OC)c(OC)c3)no2)cc1. The van der Waals surface area contributed by atoms with Crippen molar-refractivity contribution in [2.45, 2.75) is 31.7 Å². The Kier molecular flexibility index (Phi) is 6.58. The van der Waals surface area contributed by atoms with Gasteiger partial charge in [-0.15, -0.1) is 0 Å². The number of hydrogen-bond donors (Lipinski definition) is 0. The van der Waals surface area contributed by atoms with Crippen LogP contribution in [0.25, 0.3) is 11.4 Å². The first-order valence-corrected chi connectivity index (χ1v) is 10.6. The van der Waals surface area contributed by atoms with Crippen molar-refractivity contribution in [1.29, 1.82) is 0 Å². The van der Waals surface area contributed by atoms with E-state index in [0.29, 0.717) is 42.6 Å². The summed E-state index contributed by atoms with van der Waals surface area (Å²) in [6.07, 6.45) is 2.82. The number of likely N-dealkylation sites (tertiary alicyclic amines) is 1. The monoisotopic (exact) mass is 437 g/mol. The standard InChI is InChI=1S/C24H27N3O5/c1-29-18-10-6-16(7-11-18)8-13-22(28)27-14-4-5-19(27)24-25-23(26-32-24)17-9-12-20(30-2)21(15-17)31-3/h6-7,9-12,15,19H,4-5,8,13-14H2,1-3H3/t19-/m0/s1. The Morgan fingerprint density at radius 1 is 1.06 bits per heavy atom. The molecular weight excluding hydrogens is 410 g/mol. The fourth-order valence-corrected chi connectivity index (χ4v) is 3.97. The van der Waals surface area contributed by atoms with Gasteiger partial charge in [-0.05, 0) is 55.2 Å². The van der Waals surface area contributed by atoms with E-state index < -0.39 is 0 Å². The van der Waals surface area contributed by atoms with Crippen LogP contribution in [0.15, 0.2) is 47.0 Å². The highest BCUT2D eigenvalue weighted by atomic mass is 16.5. The molecule has 8 nitrogen and oxygen atoms in total. The van der Waals surface area contributed by atoms with Crippen molar-refractivity contribution >= 4 is 5.91 Å².